The molecule has 0 spiro atoms. The van der Waals surface area contributed by atoms with Gasteiger partial charge in [0.05, 0.1) is 5.69 Å². The van der Waals surface area contributed by atoms with Gasteiger partial charge in [-0.2, -0.15) is 0 Å². The number of ether oxygens (including phenoxy) is 1. The maximum absolute atomic E-state index is 12.7. The summed E-state index contributed by atoms with van der Waals surface area (Å²) in [7, 11) is 0. The molecule has 1 saturated carbocycles. The van der Waals surface area contributed by atoms with Crippen LogP contribution in [-0.2, 0) is 6.61 Å². The summed E-state index contributed by atoms with van der Waals surface area (Å²) >= 11 is 1.36. The summed E-state index contributed by atoms with van der Waals surface area (Å²) in [6.45, 7) is 0.331. The summed E-state index contributed by atoms with van der Waals surface area (Å²) in [6, 6.07) is 7.47. The van der Waals surface area contributed by atoms with Gasteiger partial charge >= 0.3 is 0 Å². The van der Waals surface area contributed by atoms with Crippen molar-refractivity contribution in [2.45, 2.75) is 44.2 Å². The smallest absolute Gasteiger partial charge is 0.266 e. The van der Waals surface area contributed by atoms with Crippen LogP contribution in [0.3, 0.4) is 0 Å². The highest BCUT2D eigenvalue weighted by molar-refractivity contribution is 7.12. The summed E-state index contributed by atoms with van der Waals surface area (Å²) in [4.78, 5) is 17.5. The SMILES string of the molecule is C#CC1(NC(=O)c2sccc2OCc2ccccn2)CCCCC1. The summed E-state index contributed by atoms with van der Waals surface area (Å²) in [5.74, 6) is 3.23. The van der Waals surface area contributed by atoms with Crippen molar-refractivity contribution in [2.75, 3.05) is 0 Å². The average molecular weight is 340 g/mol. The second-order valence-electron chi connectivity index (χ2n) is 5.96. The van der Waals surface area contributed by atoms with Crippen LogP contribution < -0.4 is 10.1 Å². The van der Waals surface area contributed by atoms with Crippen LogP contribution in [0.25, 0.3) is 0 Å². The average Bonchev–Trinajstić information content (AvgIpc) is 3.10. The third-order valence-electron chi connectivity index (χ3n) is 4.27. The van der Waals surface area contributed by atoms with Crippen molar-refractivity contribution in [1.29, 1.82) is 0 Å². The lowest BCUT2D eigenvalue weighted by Crippen LogP contribution is -2.48. The van der Waals surface area contributed by atoms with Gasteiger partial charge in [-0.3, -0.25) is 9.78 Å². The van der Waals surface area contributed by atoms with Gasteiger partial charge in [0.2, 0.25) is 0 Å². The fourth-order valence-corrected chi connectivity index (χ4v) is 3.68. The van der Waals surface area contributed by atoms with E-state index in [0.29, 0.717) is 17.2 Å². The zero-order valence-corrected chi connectivity index (χ0v) is 14.3. The van der Waals surface area contributed by atoms with Crippen LogP contribution in [0.4, 0.5) is 0 Å². The highest BCUT2D eigenvalue weighted by Gasteiger charge is 2.32. The summed E-state index contributed by atoms with van der Waals surface area (Å²) < 4.78 is 5.78. The molecule has 0 saturated heterocycles. The van der Waals surface area contributed by atoms with Gasteiger partial charge < -0.3 is 10.1 Å². The zero-order valence-electron chi connectivity index (χ0n) is 13.5. The maximum atomic E-state index is 12.7. The number of amides is 1. The Morgan fingerprint density at radius 3 is 2.88 bits per heavy atom. The Balaban J connectivity index is 1.68. The Morgan fingerprint density at radius 2 is 2.17 bits per heavy atom. The molecule has 2 aromatic heterocycles. The molecule has 0 atom stereocenters. The predicted molar refractivity (Wildman–Crippen MR) is 95.0 cm³/mol. The third-order valence-corrected chi connectivity index (χ3v) is 5.17. The molecule has 5 heteroatoms. The van der Waals surface area contributed by atoms with Crippen LogP contribution in [0.15, 0.2) is 35.8 Å². The number of aromatic nitrogens is 1. The van der Waals surface area contributed by atoms with Crippen LogP contribution in [-0.4, -0.2) is 16.4 Å². The number of terminal acetylenes is 1. The maximum Gasteiger partial charge on any atom is 0.266 e. The van der Waals surface area contributed by atoms with Crippen molar-refractivity contribution in [1.82, 2.24) is 10.3 Å². The van der Waals surface area contributed by atoms with E-state index in [1.165, 1.54) is 17.8 Å². The molecule has 3 rings (SSSR count). The molecular formula is C19H20N2O2S. The van der Waals surface area contributed by atoms with Crippen LogP contribution in [0.2, 0.25) is 0 Å². The quantitative estimate of drug-likeness (QED) is 0.843. The zero-order chi connectivity index (χ0) is 16.8. The lowest BCUT2D eigenvalue weighted by atomic mass is 9.82. The minimum atomic E-state index is -0.516. The van der Waals surface area contributed by atoms with Crippen LogP contribution >= 0.6 is 11.3 Å². The second-order valence-corrected chi connectivity index (χ2v) is 6.88. The number of carbonyl (C=O) groups excluding carboxylic acids is 1. The molecule has 1 fully saturated rings. The monoisotopic (exact) mass is 340 g/mol. The normalized spacial score (nSPS) is 16.1. The van der Waals surface area contributed by atoms with E-state index in [0.717, 1.165) is 31.4 Å². The van der Waals surface area contributed by atoms with E-state index in [1.54, 1.807) is 6.20 Å². The Morgan fingerprint density at radius 1 is 1.33 bits per heavy atom. The van der Waals surface area contributed by atoms with E-state index in [1.807, 2.05) is 29.6 Å². The van der Waals surface area contributed by atoms with E-state index in [-0.39, 0.29) is 5.91 Å². The van der Waals surface area contributed by atoms with Gasteiger partial charge in [-0.25, -0.2) is 0 Å². The first-order valence-electron chi connectivity index (χ1n) is 8.13. The van der Waals surface area contributed by atoms with Crippen LogP contribution in [0.1, 0.15) is 47.5 Å². The van der Waals surface area contributed by atoms with Gasteiger partial charge in [0.25, 0.3) is 5.91 Å². The van der Waals surface area contributed by atoms with Gasteiger partial charge in [-0.15, -0.1) is 17.8 Å². The molecule has 1 amide bonds. The lowest BCUT2D eigenvalue weighted by Gasteiger charge is -2.33. The fourth-order valence-electron chi connectivity index (χ4n) is 2.95. The van der Waals surface area contributed by atoms with Crippen molar-refractivity contribution < 1.29 is 9.53 Å². The number of carbonyl (C=O) groups is 1. The predicted octanol–water partition coefficient (Wildman–Crippen LogP) is 3.79. The number of nitrogens with one attached hydrogen (secondary N) is 1. The number of pyridine rings is 1. The lowest BCUT2D eigenvalue weighted by molar-refractivity contribution is 0.0904. The third kappa shape index (κ3) is 3.77. The van der Waals surface area contributed by atoms with Crippen molar-refractivity contribution in [2.24, 2.45) is 0 Å². The number of thiophene rings is 1. The fraction of sp³-hybridized carbons (Fsp3) is 0.368. The molecule has 124 valence electrons. The van der Waals surface area contributed by atoms with Crippen molar-refractivity contribution >= 4 is 17.2 Å². The minimum Gasteiger partial charge on any atom is -0.486 e. The molecule has 1 aliphatic carbocycles. The largest absolute Gasteiger partial charge is 0.486 e. The van der Waals surface area contributed by atoms with Gasteiger partial charge in [-0.1, -0.05) is 31.2 Å². The molecule has 1 aliphatic rings. The van der Waals surface area contributed by atoms with E-state index in [2.05, 4.69) is 16.2 Å². The van der Waals surface area contributed by atoms with E-state index < -0.39 is 5.54 Å². The molecule has 1 N–H and O–H groups in total. The highest BCUT2D eigenvalue weighted by atomic mass is 32.1. The van der Waals surface area contributed by atoms with Gasteiger partial charge in [0.1, 0.15) is 22.8 Å². The van der Waals surface area contributed by atoms with Gasteiger partial charge in [-0.05, 0) is 36.4 Å². The number of hydrogen-bond donors (Lipinski definition) is 1. The van der Waals surface area contributed by atoms with E-state index in [9.17, 15) is 4.79 Å². The number of hydrogen-bond acceptors (Lipinski definition) is 4. The first kappa shape index (κ1) is 16.5. The summed E-state index contributed by atoms with van der Waals surface area (Å²) in [5.41, 5.74) is 0.305. The molecule has 0 radical (unpaired) electrons. The standard InChI is InChI=1S/C19H20N2O2S/c1-2-19(10-5-3-6-11-19)21-18(22)17-16(9-13-24-17)23-14-15-8-4-7-12-20-15/h1,4,7-9,12-13H,3,5-6,10-11,14H2,(H,21,22). The number of rotatable bonds is 5. The first-order valence-corrected chi connectivity index (χ1v) is 9.01. The summed E-state index contributed by atoms with van der Waals surface area (Å²) in [5, 5.41) is 4.92. The molecule has 0 bridgehead atoms. The van der Waals surface area contributed by atoms with Crippen LogP contribution in [0, 0.1) is 12.3 Å². The Bertz CT molecular complexity index is 727. The van der Waals surface area contributed by atoms with Crippen molar-refractivity contribution in [3.63, 3.8) is 0 Å². The molecule has 2 heterocycles. The molecule has 0 aromatic carbocycles. The first-order chi connectivity index (χ1) is 11.7. The topological polar surface area (TPSA) is 51.2 Å². The molecule has 0 aliphatic heterocycles. The minimum absolute atomic E-state index is 0.152. The van der Waals surface area contributed by atoms with E-state index in [4.69, 9.17) is 11.2 Å². The Hall–Kier alpha value is -2.32. The molecule has 2 aromatic rings. The van der Waals surface area contributed by atoms with Gasteiger partial charge in [0.15, 0.2) is 0 Å². The highest BCUT2D eigenvalue weighted by Crippen LogP contribution is 2.30. The molecule has 0 unspecified atom stereocenters. The Labute approximate surface area is 146 Å². The summed E-state index contributed by atoms with van der Waals surface area (Å²) in [6.07, 6.45) is 12.4. The molecule has 4 nitrogen and oxygen atoms in total. The molecular weight excluding hydrogens is 320 g/mol. The van der Waals surface area contributed by atoms with Gasteiger partial charge in [0, 0.05) is 6.20 Å². The molecule has 24 heavy (non-hydrogen) atoms. The van der Waals surface area contributed by atoms with E-state index >= 15 is 0 Å². The second kappa shape index (κ2) is 7.50. The number of nitrogens with zero attached hydrogens (tertiary/aromatic N) is 1. The van der Waals surface area contributed by atoms with Crippen LogP contribution in [0.5, 0.6) is 5.75 Å². The van der Waals surface area contributed by atoms with Crippen molar-refractivity contribution in [3.05, 3.63) is 46.4 Å². The van der Waals surface area contributed by atoms with Crippen molar-refractivity contribution in [3.8, 4) is 18.1 Å². The Kier molecular flexibility index (Phi) is 5.17.